The number of benzene rings is 2. The van der Waals surface area contributed by atoms with E-state index in [0.29, 0.717) is 21.2 Å². The largest absolute Gasteiger partial charge is 0.393 e. The molecular formula is C20H19Cl2NO2. The van der Waals surface area contributed by atoms with Gasteiger partial charge in [0.25, 0.3) is 0 Å². The summed E-state index contributed by atoms with van der Waals surface area (Å²) in [5.41, 5.74) is 2.41. The topological polar surface area (TPSA) is 40.5 Å². The number of aliphatic hydroxyl groups excluding tert-OH is 1. The molecule has 0 spiro atoms. The average Bonchev–Trinajstić information content (AvgIpc) is 2.63. The molecule has 3 rings (SSSR count). The van der Waals surface area contributed by atoms with E-state index in [9.17, 15) is 9.90 Å². The van der Waals surface area contributed by atoms with Gasteiger partial charge < -0.3 is 10.0 Å². The van der Waals surface area contributed by atoms with Crippen molar-refractivity contribution in [1.82, 2.24) is 0 Å². The summed E-state index contributed by atoms with van der Waals surface area (Å²) in [5, 5.41) is 10.5. The second kappa shape index (κ2) is 8.05. The van der Waals surface area contributed by atoms with E-state index in [0.717, 1.165) is 31.6 Å². The van der Waals surface area contributed by atoms with E-state index in [2.05, 4.69) is 4.90 Å². The van der Waals surface area contributed by atoms with E-state index in [1.165, 1.54) is 6.08 Å². The first-order valence-corrected chi connectivity index (χ1v) is 8.99. The lowest BCUT2D eigenvalue weighted by Gasteiger charge is -2.31. The number of carbonyl (C=O) groups excluding carboxylic acids is 1. The Kier molecular flexibility index (Phi) is 5.79. The molecule has 0 amide bonds. The Balaban J connectivity index is 1.68. The Bertz CT molecular complexity index is 779. The molecule has 0 aromatic heterocycles. The van der Waals surface area contributed by atoms with Gasteiger partial charge in [0, 0.05) is 24.3 Å². The van der Waals surface area contributed by atoms with Crippen LogP contribution >= 0.6 is 23.2 Å². The highest BCUT2D eigenvalue weighted by Gasteiger charge is 2.17. The molecule has 1 fully saturated rings. The lowest BCUT2D eigenvalue weighted by atomic mass is 10.1. The van der Waals surface area contributed by atoms with Gasteiger partial charge in [-0.3, -0.25) is 4.79 Å². The van der Waals surface area contributed by atoms with Gasteiger partial charge in [0.05, 0.1) is 16.1 Å². The molecule has 1 aliphatic rings. The van der Waals surface area contributed by atoms with Gasteiger partial charge in [0.15, 0.2) is 5.78 Å². The van der Waals surface area contributed by atoms with E-state index in [4.69, 9.17) is 23.2 Å². The van der Waals surface area contributed by atoms with Crippen molar-refractivity contribution in [2.24, 2.45) is 0 Å². The molecule has 1 aliphatic heterocycles. The predicted octanol–water partition coefficient (Wildman–Crippen LogP) is 4.85. The van der Waals surface area contributed by atoms with Crippen molar-refractivity contribution in [3.63, 3.8) is 0 Å². The van der Waals surface area contributed by atoms with Crippen LogP contribution in [-0.4, -0.2) is 30.1 Å². The van der Waals surface area contributed by atoms with E-state index in [-0.39, 0.29) is 11.9 Å². The van der Waals surface area contributed by atoms with Crippen LogP contribution in [-0.2, 0) is 0 Å². The van der Waals surface area contributed by atoms with E-state index in [1.807, 2.05) is 30.3 Å². The average molecular weight is 376 g/mol. The molecule has 2 aromatic rings. The molecule has 25 heavy (non-hydrogen) atoms. The quantitative estimate of drug-likeness (QED) is 0.613. The molecule has 3 nitrogen and oxygen atoms in total. The second-order valence-corrected chi connectivity index (χ2v) is 6.89. The molecular weight excluding hydrogens is 357 g/mol. The van der Waals surface area contributed by atoms with Gasteiger partial charge in [-0.2, -0.15) is 0 Å². The number of carbonyl (C=O) groups is 1. The normalized spacial score (nSPS) is 15.7. The van der Waals surface area contributed by atoms with Crippen LogP contribution < -0.4 is 4.90 Å². The van der Waals surface area contributed by atoms with Crippen LogP contribution in [0.2, 0.25) is 10.0 Å². The van der Waals surface area contributed by atoms with Crippen molar-refractivity contribution < 1.29 is 9.90 Å². The number of hydrogen-bond donors (Lipinski definition) is 1. The van der Waals surface area contributed by atoms with E-state index in [1.54, 1.807) is 18.2 Å². The second-order valence-electron chi connectivity index (χ2n) is 6.11. The number of aliphatic hydroxyl groups is 1. The Morgan fingerprint density at radius 3 is 2.44 bits per heavy atom. The maximum atomic E-state index is 12.3. The van der Waals surface area contributed by atoms with Crippen molar-refractivity contribution in [1.29, 1.82) is 0 Å². The Hall–Kier alpha value is -1.81. The predicted molar refractivity (Wildman–Crippen MR) is 104 cm³/mol. The van der Waals surface area contributed by atoms with E-state index < -0.39 is 0 Å². The minimum Gasteiger partial charge on any atom is -0.393 e. The molecule has 5 heteroatoms. The third-order valence-electron chi connectivity index (χ3n) is 4.38. The number of allylic oxidation sites excluding steroid dienone is 1. The van der Waals surface area contributed by atoms with Crippen LogP contribution in [0.25, 0.3) is 6.08 Å². The number of anilines is 1. The molecule has 0 atom stereocenters. The Labute approximate surface area is 157 Å². The molecule has 0 radical (unpaired) electrons. The summed E-state index contributed by atoms with van der Waals surface area (Å²) < 4.78 is 0. The first-order chi connectivity index (χ1) is 12.0. The zero-order valence-corrected chi connectivity index (χ0v) is 15.2. The number of hydrogen-bond acceptors (Lipinski definition) is 3. The smallest absolute Gasteiger partial charge is 0.185 e. The van der Waals surface area contributed by atoms with Crippen molar-refractivity contribution in [2.75, 3.05) is 18.0 Å². The van der Waals surface area contributed by atoms with Gasteiger partial charge in [-0.15, -0.1) is 0 Å². The summed E-state index contributed by atoms with van der Waals surface area (Å²) in [6.07, 6.45) is 4.55. The lowest BCUT2D eigenvalue weighted by Crippen LogP contribution is -2.35. The SMILES string of the molecule is O=C(/C=C/c1cccc(Cl)c1Cl)c1ccc(N2CCC(O)CC2)cc1. The molecule has 2 aromatic carbocycles. The fourth-order valence-electron chi connectivity index (χ4n) is 2.87. The summed E-state index contributed by atoms with van der Waals surface area (Å²) in [7, 11) is 0. The summed E-state index contributed by atoms with van der Waals surface area (Å²) in [4.78, 5) is 14.6. The molecule has 1 N–H and O–H groups in total. The van der Waals surface area contributed by atoms with Crippen molar-refractivity contribution in [2.45, 2.75) is 18.9 Å². The molecule has 0 bridgehead atoms. The standard InChI is InChI=1S/C20H19Cl2NO2/c21-18-3-1-2-15(20(18)22)6-9-19(25)14-4-7-16(8-5-14)23-12-10-17(24)11-13-23/h1-9,17,24H,10-13H2/b9-6+. The maximum absolute atomic E-state index is 12.3. The molecule has 0 aliphatic carbocycles. The molecule has 1 heterocycles. The van der Waals surface area contributed by atoms with Gasteiger partial charge in [0.1, 0.15) is 0 Å². The summed E-state index contributed by atoms with van der Waals surface area (Å²) in [5.74, 6) is -0.0864. The third kappa shape index (κ3) is 4.43. The lowest BCUT2D eigenvalue weighted by molar-refractivity contribution is 0.104. The van der Waals surface area contributed by atoms with Gasteiger partial charge in [-0.05, 0) is 60.9 Å². The maximum Gasteiger partial charge on any atom is 0.185 e. The molecule has 0 saturated carbocycles. The Morgan fingerprint density at radius 2 is 1.76 bits per heavy atom. The molecule has 0 unspecified atom stereocenters. The monoisotopic (exact) mass is 375 g/mol. The fourth-order valence-corrected chi connectivity index (χ4v) is 3.24. The fraction of sp³-hybridized carbons (Fsp3) is 0.250. The highest BCUT2D eigenvalue weighted by molar-refractivity contribution is 6.42. The minimum atomic E-state index is -0.194. The van der Waals surface area contributed by atoms with Gasteiger partial charge in [0.2, 0.25) is 0 Å². The van der Waals surface area contributed by atoms with Crippen LogP contribution in [0.1, 0.15) is 28.8 Å². The number of rotatable bonds is 4. The summed E-state index contributed by atoms with van der Waals surface area (Å²) in [6.45, 7) is 1.67. The van der Waals surface area contributed by atoms with Crippen molar-refractivity contribution in [3.05, 3.63) is 69.7 Å². The number of halogens is 2. The van der Waals surface area contributed by atoms with Crippen LogP contribution in [0.5, 0.6) is 0 Å². The Morgan fingerprint density at radius 1 is 1.08 bits per heavy atom. The van der Waals surface area contributed by atoms with Crippen molar-refractivity contribution in [3.8, 4) is 0 Å². The highest BCUT2D eigenvalue weighted by atomic mass is 35.5. The number of piperidine rings is 1. The van der Waals surface area contributed by atoms with Gasteiger partial charge in [-0.25, -0.2) is 0 Å². The zero-order valence-electron chi connectivity index (χ0n) is 13.7. The minimum absolute atomic E-state index is 0.0864. The number of nitrogens with zero attached hydrogens (tertiary/aromatic N) is 1. The first kappa shape index (κ1) is 18.0. The summed E-state index contributed by atoms with van der Waals surface area (Å²) in [6, 6.07) is 12.9. The van der Waals surface area contributed by atoms with Crippen LogP contribution in [0.15, 0.2) is 48.5 Å². The first-order valence-electron chi connectivity index (χ1n) is 8.24. The molecule has 130 valence electrons. The number of ketones is 1. The van der Waals surface area contributed by atoms with E-state index >= 15 is 0 Å². The zero-order chi connectivity index (χ0) is 17.8. The van der Waals surface area contributed by atoms with Crippen LogP contribution in [0.3, 0.4) is 0 Å². The van der Waals surface area contributed by atoms with Crippen LogP contribution in [0.4, 0.5) is 5.69 Å². The highest BCUT2D eigenvalue weighted by Crippen LogP contribution is 2.26. The van der Waals surface area contributed by atoms with Gasteiger partial charge in [-0.1, -0.05) is 35.3 Å². The summed E-state index contributed by atoms with van der Waals surface area (Å²) >= 11 is 12.1. The molecule has 1 saturated heterocycles. The van der Waals surface area contributed by atoms with Crippen LogP contribution in [0, 0.1) is 0 Å². The van der Waals surface area contributed by atoms with Crippen molar-refractivity contribution >= 4 is 40.7 Å². The third-order valence-corrected chi connectivity index (χ3v) is 5.21. The van der Waals surface area contributed by atoms with Gasteiger partial charge >= 0.3 is 0 Å².